The van der Waals surface area contributed by atoms with Crippen molar-refractivity contribution in [2.45, 2.75) is 114 Å². The molecule has 5 aliphatic carbocycles. The normalized spacial score (nSPS) is 39.4. The van der Waals surface area contributed by atoms with Gasteiger partial charge in [-0.25, -0.2) is 0 Å². The summed E-state index contributed by atoms with van der Waals surface area (Å²) < 4.78 is 12.1. The van der Waals surface area contributed by atoms with Crippen LogP contribution < -0.4 is 5.32 Å². The Morgan fingerprint density at radius 1 is 0.946 bits per heavy atom. The van der Waals surface area contributed by atoms with E-state index in [1.54, 1.807) is 0 Å². The summed E-state index contributed by atoms with van der Waals surface area (Å²) in [5, 5.41) is 15.9. The highest BCUT2D eigenvalue weighted by Crippen LogP contribution is 2.64. The number of anilines is 1. The Balaban J connectivity index is 1.25. The number of carbonyl (C=O) groups excluding carboxylic acids is 1. The van der Waals surface area contributed by atoms with Crippen LogP contribution in [0.25, 0.3) is 0 Å². The predicted octanol–water partition coefficient (Wildman–Crippen LogP) is 6.27. The standard InChI is InChI=1S/C32H43NO4/c1-30-19-25(21-7-9-23(10-8-21)33-22-5-3-2-4-6-22)29-24(26(30)11-12-28(30)34)13-15-31(35)20-32(16-14-27(29)31)36-17-18-37-32/h7-10,22,24-26,33,35H,2-6,11-20H2,1H3. The molecule has 1 aromatic carbocycles. The fraction of sp³-hybridized carbons (Fsp3) is 0.719. The maximum atomic E-state index is 13.3. The highest BCUT2D eigenvalue weighted by atomic mass is 16.7. The SMILES string of the molecule is CC12CC(c3ccc(NC4CCCCC4)cc3)C3=C4CCC5(CC4(O)CCC3C1CCC2=O)OCCO5. The zero-order chi connectivity index (χ0) is 25.3. The second-order valence-electron chi connectivity index (χ2n) is 13.2. The number of nitrogens with one attached hydrogen (secondary N) is 1. The van der Waals surface area contributed by atoms with Crippen LogP contribution in [0.4, 0.5) is 5.69 Å². The molecule has 1 heterocycles. The van der Waals surface area contributed by atoms with E-state index in [-0.39, 0.29) is 11.3 Å². The van der Waals surface area contributed by atoms with Gasteiger partial charge >= 0.3 is 0 Å². The van der Waals surface area contributed by atoms with Crippen LogP contribution in [0.2, 0.25) is 0 Å². The Morgan fingerprint density at radius 3 is 2.46 bits per heavy atom. The molecule has 7 rings (SSSR count). The van der Waals surface area contributed by atoms with E-state index < -0.39 is 11.4 Å². The quantitative estimate of drug-likeness (QED) is 0.474. The summed E-state index contributed by atoms with van der Waals surface area (Å²) in [6, 6.07) is 9.68. The molecule has 0 bridgehead atoms. The molecule has 5 atom stereocenters. The third-order valence-corrected chi connectivity index (χ3v) is 11.2. The highest BCUT2D eigenvalue weighted by Gasteiger charge is 2.60. The van der Waals surface area contributed by atoms with Crippen molar-refractivity contribution in [3.63, 3.8) is 0 Å². The molecule has 37 heavy (non-hydrogen) atoms. The van der Waals surface area contributed by atoms with Crippen molar-refractivity contribution in [2.75, 3.05) is 18.5 Å². The molecule has 5 nitrogen and oxygen atoms in total. The third kappa shape index (κ3) is 3.94. The molecule has 200 valence electrons. The summed E-state index contributed by atoms with van der Waals surface area (Å²) >= 11 is 0. The molecule has 1 saturated heterocycles. The van der Waals surface area contributed by atoms with Gasteiger partial charge in [0.05, 0.1) is 18.8 Å². The van der Waals surface area contributed by atoms with Crippen molar-refractivity contribution in [3.05, 3.63) is 41.0 Å². The molecule has 6 aliphatic rings. The first-order chi connectivity index (χ1) is 17.9. The van der Waals surface area contributed by atoms with E-state index >= 15 is 0 Å². The lowest BCUT2D eigenvalue weighted by Gasteiger charge is -2.55. The fourth-order valence-corrected chi connectivity index (χ4v) is 9.38. The zero-order valence-electron chi connectivity index (χ0n) is 22.4. The van der Waals surface area contributed by atoms with Crippen LogP contribution in [-0.4, -0.2) is 41.5 Å². The summed E-state index contributed by atoms with van der Waals surface area (Å²) in [6.45, 7) is 3.49. The molecular formula is C32H43NO4. The minimum atomic E-state index is -0.856. The predicted molar refractivity (Wildman–Crippen MR) is 143 cm³/mol. The number of hydrogen-bond acceptors (Lipinski definition) is 5. The molecule has 5 unspecified atom stereocenters. The average Bonchev–Trinajstić information content (AvgIpc) is 3.47. The molecule has 1 aromatic rings. The lowest BCUT2D eigenvalue weighted by atomic mass is 9.51. The second-order valence-corrected chi connectivity index (χ2v) is 13.2. The van der Waals surface area contributed by atoms with Crippen LogP contribution in [0.3, 0.4) is 0 Å². The number of ketones is 1. The van der Waals surface area contributed by atoms with Crippen molar-refractivity contribution in [3.8, 4) is 0 Å². The molecular weight excluding hydrogens is 462 g/mol. The summed E-state index contributed by atoms with van der Waals surface area (Å²) in [5.41, 5.74) is 4.12. The molecule has 0 radical (unpaired) electrons. The Hall–Kier alpha value is -1.69. The van der Waals surface area contributed by atoms with Crippen molar-refractivity contribution in [1.29, 1.82) is 0 Å². The number of aliphatic hydroxyl groups is 1. The van der Waals surface area contributed by atoms with Gasteiger partial charge in [0.2, 0.25) is 0 Å². The number of Topliss-reactive ketones (excluding diaryl/α,β-unsaturated/α-hetero) is 1. The Labute approximate surface area is 221 Å². The first kappa shape index (κ1) is 24.4. The molecule has 5 heteroatoms. The van der Waals surface area contributed by atoms with E-state index in [0.717, 1.165) is 38.5 Å². The maximum Gasteiger partial charge on any atom is 0.171 e. The van der Waals surface area contributed by atoms with E-state index in [1.807, 2.05) is 0 Å². The third-order valence-electron chi connectivity index (χ3n) is 11.2. The Bertz CT molecular complexity index is 1080. The summed E-state index contributed by atoms with van der Waals surface area (Å²) in [6.07, 6.45) is 13.0. The van der Waals surface area contributed by atoms with Crippen LogP contribution in [-0.2, 0) is 14.3 Å². The van der Waals surface area contributed by atoms with Gasteiger partial charge in [0.1, 0.15) is 5.78 Å². The number of benzene rings is 1. The van der Waals surface area contributed by atoms with Crippen LogP contribution >= 0.6 is 0 Å². The van der Waals surface area contributed by atoms with Crippen molar-refractivity contribution < 1.29 is 19.4 Å². The van der Waals surface area contributed by atoms with E-state index in [2.05, 4.69) is 36.5 Å². The number of rotatable bonds is 3. The largest absolute Gasteiger partial charge is 0.385 e. The molecule has 0 amide bonds. The van der Waals surface area contributed by atoms with Gasteiger partial charge in [-0.05, 0) is 80.1 Å². The van der Waals surface area contributed by atoms with Crippen LogP contribution in [0, 0.1) is 17.3 Å². The van der Waals surface area contributed by atoms with Crippen molar-refractivity contribution in [1.82, 2.24) is 0 Å². The van der Waals surface area contributed by atoms with Crippen LogP contribution in [0.1, 0.15) is 102 Å². The van der Waals surface area contributed by atoms with Gasteiger partial charge in [-0.3, -0.25) is 4.79 Å². The minimum absolute atomic E-state index is 0.193. The molecule has 1 spiro atoms. The van der Waals surface area contributed by atoms with Crippen molar-refractivity contribution in [2.24, 2.45) is 17.3 Å². The van der Waals surface area contributed by atoms with E-state index in [1.165, 1.54) is 54.5 Å². The van der Waals surface area contributed by atoms with Gasteiger partial charge in [0.25, 0.3) is 0 Å². The minimum Gasteiger partial charge on any atom is -0.385 e. The highest BCUT2D eigenvalue weighted by molar-refractivity contribution is 5.87. The van der Waals surface area contributed by atoms with Crippen molar-refractivity contribution >= 4 is 11.5 Å². The van der Waals surface area contributed by atoms with Gasteiger partial charge in [0.15, 0.2) is 5.79 Å². The maximum absolute atomic E-state index is 13.3. The number of allylic oxidation sites excluding steroid dienone is 1. The lowest BCUT2D eigenvalue weighted by molar-refractivity contribution is -0.208. The van der Waals surface area contributed by atoms with Gasteiger partial charge in [-0.2, -0.15) is 0 Å². The molecule has 2 N–H and O–H groups in total. The first-order valence-electron chi connectivity index (χ1n) is 15.0. The summed E-state index contributed by atoms with van der Waals surface area (Å²) in [4.78, 5) is 13.3. The van der Waals surface area contributed by atoms with Gasteiger partial charge < -0.3 is 19.9 Å². The van der Waals surface area contributed by atoms with Crippen LogP contribution in [0.15, 0.2) is 35.4 Å². The number of carbonyl (C=O) groups is 1. The molecule has 5 fully saturated rings. The zero-order valence-corrected chi connectivity index (χ0v) is 22.4. The average molecular weight is 506 g/mol. The Kier molecular flexibility index (Phi) is 5.88. The number of fused-ring (bicyclic) bond motifs is 4. The fourth-order valence-electron chi connectivity index (χ4n) is 9.38. The van der Waals surface area contributed by atoms with E-state index in [9.17, 15) is 9.90 Å². The number of ether oxygens (including phenoxy) is 2. The van der Waals surface area contributed by atoms with Gasteiger partial charge in [-0.1, -0.05) is 43.9 Å². The monoisotopic (exact) mass is 505 g/mol. The second kappa shape index (κ2) is 8.93. The molecule has 0 aromatic heterocycles. The molecule has 4 saturated carbocycles. The topological polar surface area (TPSA) is 67.8 Å². The van der Waals surface area contributed by atoms with E-state index in [0.29, 0.717) is 49.7 Å². The number of hydrogen-bond donors (Lipinski definition) is 2. The smallest absolute Gasteiger partial charge is 0.171 e. The summed E-state index contributed by atoms with van der Waals surface area (Å²) in [5.74, 6) is 0.840. The van der Waals surface area contributed by atoms with Gasteiger partial charge in [0, 0.05) is 42.3 Å². The van der Waals surface area contributed by atoms with Gasteiger partial charge in [-0.15, -0.1) is 0 Å². The van der Waals surface area contributed by atoms with Crippen LogP contribution in [0.5, 0.6) is 0 Å². The lowest BCUT2D eigenvalue weighted by Crippen LogP contribution is -2.53. The Morgan fingerprint density at radius 2 is 1.70 bits per heavy atom. The summed E-state index contributed by atoms with van der Waals surface area (Å²) in [7, 11) is 0. The first-order valence-corrected chi connectivity index (χ1v) is 15.0. The molecule has 1 aliphatic heterocycles. The van der Waals surface area contributed by atoms with E-state index in [4.69, 9.17) is 9.47 Å².